The minimum absolute atomic E-state index is 0.748. The highest BCUT2D eigenvalue weighted by molar-refractivity contribution is 5.61. The number of nitrogen functional groups attached to an aromatic ring is 1. The smallest absolute Gasteiger partial charge is 0.123 e. The third kappa shape index (κ3) is 3.55. The first-order valence-electron chi connectivity index (χ1n) is 7.38. The molecule has 0 bridgehead atoms. The summed E-state index contributed by atoms with van der Waals surface area (Å²) < 4.78 is 5.70. The van der Waals surface area contributed by atoms with Crippen LogP contribution in [0.4, 0.5) is 11.4 Å². The lowest BCUT2D eigenvalue weighted by Crippen LogP contribution is -2.21. The summed E-state index contributed by atoms with van der Waals surface area (Å²) in [7, 11) is 0. The fraction of sp³-hybridized carbons (Fsp3) is 0.625. The van der Waals surface area contributed by atoms with Crippen molar-refractivity contribution in [2.45, 2.75) is 33.6 Å². The van der Waals surface area contributed by atoms with Crippen LogP contribution in [0.15, 0.2) is 18.2 Å². The van der Waals surface area contributed by atoms with Gasteiger partial charge in [0.05, 0.1) is 6.61 Å². The molecule has 19 heavy (non-hydrogen) atoms. The van der Waals surface area contributed by atoms with Crippen molar-refractivity contribution in [2.24, 2.45) is 11.8 Å². The summed E-state index contributed by atoms with van der Waals surface area (Å²) in [6.07, 6.45) is 2.29. The van der Waals surface area contributed by atoms with Crippen LogP contribution in [0.25, 0.3) is 0 Å². The number of hydrogen-bond donors (Lipinski definition) is 1. The van der Waals surface area contributed by atoms with Crippen LogP contribution in [-0.4, -0.2) is 19.7 Å². The number of anilines is 2. The highest BCUT2D eigenvalue weighted by Crippen LogP contribution is 2.32. The second-order valence-electron chi connectivity index (χ2n) is 5.85. The number of ether oxygens (including phenoxy) is 1. The highest BCUT2D eigenvalue weighted by Gasteiger charge is 2.25. The van der Waals surface area contributed by atoms with E-state index in [9.17, 15) is 0 Å². The molecule has 0 saturated carbocycles. The summed E-state index contributed by atoms with van der Waals surface area (Å²) in [4.78, 5) is 2.43. The molecule has 106 valence electrons. The molecule has 3 nitrogen and oxygen atoms in total. The molecule has 1 aliphatic rings. The van der Waals surface area contributed by atoms with E-state index >= 15 is 0 Å². The summed E-state index contributed by atoms with van der Waals surface area (Å²) in [5.74, 6) is 2.44. The lowest BCUT2D eigenvalue weighted by molar-refractivity contribution is 0.317. The quantitative estimate of drug-likeness (QED) is 0.825. The van der Waals surface area contributed by atoms with Gasteiger partial charge in [-0.2, -0.15) is 0 Å². The largest absolute Gasteiger partial charge is 0.493 e. The van der Waals surface area contributed by atoms with E-state index in [0.717, 1.165) is 49.4 Å². The minimum atomic E-state index is 0.748. The summed E-state index contributed by atoms with van der Waals surface area (Å²) >= 11 is 0. The molecular weight excluding hydrogens is 236 g/mol. The van der Waals surface area contributed by atoms with Crippen molar-refractivity contribution in [3.63, 3.8) is 0 Å². The Morgan fingerprint density at radius 1 is 1.37 bits per heavy atom. The molecule has 1 aliphatic heterocycles. The summed E-state index contributed by atoms with van der Waals surface area (Å²) in [5.41, 5.74) is 7.98. The summed E-state index contributed by atoms with van der Waals surface area (Å²) in [5, 5.41) is 0. The monoisotopic (exact) mass is 262 g/mol. The number of nitrogens with zero attached hydrogens (tertiary/aromatic N) is 1. The normalized spacial score (nSPS) is 19.2. The van der Waals surface area contributed by atoms with Crippen molar-refractivity contribution in [1.82, 2.24) is 0 Å². The Morgan fingerprint density at radius 2 is 2.16 bits per heavy atom. The zero-order valence-corrected chi connectivity index (χ0v) is 12.4. The van der Waals surface area contributed by atoms with Gasteiger partial charge in [0.25, 0.3) is 0 Å². The fourth-order valence-electron chi connectivity index (χ4n) is 2.66. The molecule has 0 spiro atoms. The standard InChI is InChI=1S/C16H26N2O/c1-4-7-19-16-9-14(17)8-15(10-16)18-6-5-13(11-18)12(2)3/h8-10,12-13H,4-7,11,17H2,1-3H3. The van der Waals surface area contributed by atoms with Crippen molar-refractivity contribution in [1.29, 1.82) is 0 Å². The van der Waals surface area contributed by atoms with Gasteiger partial charge in [-0.05, 0) is 30.7 Å². The van der Waals surface area contributed by atoms with Gasteiger partial charge in [-0.15, -0.1) is 0 Å². The van der Waals surface area contributed by atoms with Crippen LogP contribution in [0.3, 0.4) is 0 Å². The summed E-state index contributed by atoms with van der Waals surface area (Å²) in [6, 6.07) is 6.09. The average Bonchev–Trinajstić information content (AvgIpc) is 2.85. The van der Waals surface area contributed by atoms with Crippen molar-refractivity contribution in [2.75, 3.05) is 30.3 Å². The van der Waals surface area contributed by atoms with Crippen LogP contribution in [0, 0.1) is 11.8 Å². The van der Waals surface area contributed by atoms with Crippen LogP contribution in [-0.2, 0) is 0 Å². The second-order valence-corrected chi connectivity index (χ2v) is 5.85. The van der Waals surface area contributed by atoms with E-state index in [2.05, 4.69) is 37.8 Å². The van der Waals surface area contributed by atoms with Crippen LogP contribution in [0.5, 0.6) is 5.75 Å². The van der Waals surface area contributed by atoms with Gasteiger partial charge >= 0.3 is 0 Å². The van der Waals surface area contributed by atoms with E-state index in [1.165, 1.54) is 12.1 Å². The van der Waals surface area contributed by atoms with Crippen LogP contribution in [0.1, 0.15) is 33.6 Å². The van der Waals surface area contributed by atoms with Gasteiger partial charge in [0.2, 0.25) is 0 Å². The SMILES string of the molecule is CCCOc1cc(N)cc(N2CCC(C(C)C)C2)c1. The molecule has 1 fully saturated rings. The highest BCUT2D eigenvalue weighted by atomic mass is 16.5. The molecule has 1 heterocycles. The second kappa shape index (κ2) is 6.18. The van der Waals surface area contributed by atoms with E-state index in [-0.39, 0.29) is 0 Å². The number of rotatable bonds is 5. The van der Waals surface area contributed by atoms with Gasteiger partial charge in [0.15, 0.2) is 0 Å². The van der Waals surface area contributed by atoms with Crippen LogP contribution in [0.2, 0.25) is 0 Å². The molecular formula is C16H26N2O. The fourth-order valence-corrected chi connectivity index (χ4v) is 2.66. The third-order valence-electron chi connectivity index (χ3n) is 3.92. The van der Waals surface area contributed by atoms with Gasteiger partial charge < -0.3 is 15.4 Å². The maximum atomic E-state index is 5.99. The van der Waals surface area contributed by atoms with E-state index < -0.39 is 0 Å². The van der Waals surface area contributed by atoms with E-state index in [4.69, 9.17) is 10.5 Å². The van der Waals surface area contributed by atoms with Gasteiger partial charge in [-0.3, -0.25) is 0 Å². The van der Waals surface area contributed by atoms with Crippen molar-refractivity contribution in [3.05, 3.63) is 18.2 Å². The molecule has 2 rings (SSSR count). The van der Waals surface area contributed by atoms with Crippen LogP contribution >= 0.6 is 0 Å². The Kier molecular flexibility index (Phi) is 4.56. The summed E-state index contributed by atoms with van der Waals surface area (Å²) in [6.45, 7) is 9.74. The average molecular weight is 262 g/mol. The molecule has 0 aliphatic carbocycles. The molecule has 1 aromatic carbocycles. The number of nitrogens with two attached hydrogens (primary N) is 1. The first kappa shape index (κ1) is 14.0. The van der Waals surface area contributed by atoms with Crippen molar-refractivity contribution < 1.29 is 4.74 Å². The molecule has 1 atom stereocenters. The maximum Gasteiger partial charge on any atom is 0.123 e. The van der Waals surface area contributed by atoms with E-state index in [0.29, 0.717) is 0 Å². The minimum Gasteiger partial charge on any atom is -0.493 e. The lowest BCUT2D eigenvalue weighted by atomic mass is 9.95. The van der Waals surface area contributed by atoms with Gasteiger partial charge in [-0.25, -0.2) is 0 Å². The van der Waals surface area contributed by atoms with Crippen molar-refractivity contribution >= 4 is 11.4 Å². The number of benzene rings is 1. The van der Waals surface area contributed by atoms with Gasteiger partial charge in [-0.1, -0.05) is 20.8 Å². The molecule has 0 amide bonds. The molecule has 1 aromatic rings. The zero-order valence-electron chi connectivity index (χ0n) is 12.4. The Morgan fingerprint density at radius 3 is 2.79 bits per heavy atom. The molecule has 2 N–H and O–H groups in total. The van der Waals surface area contributed by atoms with Gasteiger partial charge in [0, 0.05) is 36.6 Å². The molecule has 0 radical (unpaired) electrons. The Hall–Kier alpha value is -1.38. The number of hydrogen-bond acceptors (Lipinski definition) is 3. The maximum absolute atomic E-state index is 5.99. The third-order valence-corrected chi connectivity index (χ3v) is 3.92. The zero-order chi connectivity index (χ0) is 13.8. The molecule has 1 saturated heterocycles. The van der Waals surface area contributed by atoms with Crippen LogP contribution < -0.4 is 15.4 Å². The predicted octanol–water partition coefficient (Wildman–Crippen LogP) is 3.54. The van der Waals surface area contributed by atoms with Gasteiger partial charge in [0.1, 0.15) is 5.75 Å². The Balaban J connectivity index is 2.09. The first-order chi connectivity index (χ1) is 9.10. The predicted molar refractivity (Wildman–Crippen MR) is 81.8 cm³/mol. The first-order valence-corrected chi connectivity index (χ1v) is 7.38. The Bertz CT molecular complexity index is 417. The topological polar surface area (TPSA) is 38.5 Å². The molecule has 1 unspecified atom stereocenters. The molecule has 3 heteroatoms. The van der Waals surface area contributed by atoms with Crippen molar-refractivity contribution in [3.8, 4) is 5.75 Å². The Labute approximate surface area is 116 Å². The molecule has 0 aromatic heterocycles. The van der Waals surface area contributed by atoms with E-state index in [1.807, 2.05) is 6.07 Å². The van der Waals surface area contributed by atoms with E-state index in [1.54, 1.807) is 0 Å². The lowest BCUT2D eigenvalue weighted by Gasteiger charge is -2.21.